The molecule has 4 rings (SSSR count). The minimum absolute atomic E-state index is 0.103. The van der Waals surface area contributed by atoms with Crippen LogP contribution in [0.2, 0.25) is 0 Å². The molecule has 9 heteroatoms. The average molecular weight is 454 g/mol. The molecule has 0 atom stereocenters. The first-order chi connectivity index (χ1) is 15.5. The van der Waals surface area contributed by atoms with Crippen molar-refractivity contribution >= 4 is 17.7 Å². The number of rotatable bonds is 5. The number of benzene rings is 2. The number of nitrogens with zero attached hydrogens (tertiary/aromatic N) is 1. The molecule has 0 saturated heterocycles. The highest BCUT2D eigenvalue weighted by molar-refractivity contribution is 5.98. The lowest BCUT2D eigenvalue weighted by atomic mass is 9.83. The number of carboxylic acid groups (broad SMARTS) is 1. The standard InChI is InChI=1S/C24H20F2N2O5/c1-13-7-10-19(27-20(13)14-5-4-6-15(11-14)21(29)30)28-22(31)23(2,3)16-8-9-17-18(12-16)33-24(25,26)32-17/h4-12H,1-3H3,(H,29,30)(H,27,28,31). The van der Waals surface area contributed by atoms with E-state index >= 15 is 0 Å². The molecule has 0 unspecified atom stereocenters. The van der Waals surface area contributed by atoms with E-state index in [2.05, 4.69) is 19.8 Å². The Labute approximate surface area is 188 Å². The molecule has 1 aliphatic rings. The summed E-state index contributed by atoms with van der Waals surface area (Å²) in [4.78, 5) is 28.9. The molecule has 0 saturated carbocycles. The summed E-state index contributed by atoms with van der Waals surface area (Å²) < 4.78 is 35.5. The molecular weight excluding hydrogens is 434 g/mol. The third-order valence-electron chi connectivity index (χ3n) is 5.41. The summed E-state index contributed by atoms with van der Waals surface area (Å²) in [5.74, 6) is -1.46. The Morgan fingerprint density at radius 3 is 2.48 bits per heavy atom. The fourth-order valence-corrected chi connectivity index (χ4v) is 3.43. The van der Waals surface area contributed by atoms with Crippen LogP contribution < -0.4 is 14.8 Å². The Balaban J connectivity index is 1.60. The fraction of sp³-hybridized carbons (Fsp3) is 0.208. The van der Waals surface area contributed by atoms with Crippen LogP contribution >= 0.6 is 0 Å². The molecule has 1 aromatic heterocycles. The molecule has 2 aromatic carbocycles. The number of aromatic nitrogens is 1. The molecule has 3 aromatic rings. The third kappa shape index (κ3) is 4.34. The Morgan fingerprint density at radius 1 is 1.03 bits per heavy atom. The van der Waals surface area contributed by atoms with Gasteiger partial charge in [0.15, 0.2) is 11.5 Å². The lowest BCUT2D eigenvalue weighted by Crippen LogP contribution is -2.35. The Hall–Kier alpha value is -4.01. The largest absolute Gasteiger partial charge is 0.586 e. The van der Waals surface area contributed by atoms with E-state index in [4.69, 9.17) is 0 Å². The zero-order valence-corrected chi connectivity index (χ0v) is 18.0. The van der Waals surface area contributed by atoms with Crippen molar-refractivity contribution in [2.45, 2.75) is 32.5 Å². The molecule has 0 aliphatic carbocycles. The molecule has 0 radical (unpaired) electrons. The topological polar surface area (TPSA) is 97.8 Å². The minimum Gasteiger partial charge on any atom is -0.478 e. The number of carboxylic acids is 1. The first-order valence-corrected chi connectivity index (χ1v) is 9.99. The number of aromatic carboxylic acids is 1. The van der Waals surface area contributed by atoms with Gasteiger partial charge in [-0.2, -0.15) is 0 Å². The number of amides is 1. The number of halogens is 2. The normalized spacial score (nSPS) is 14.1. The van der Waals surface area contributed by atoms with Crippen LogP contribution in [0.5, 0.6) is 11.5 Å². The average Bonchev–Trinajstić information content (AvgIpc) is 3.08. The molecule has 170 valence electrons. The van der Waals surface area contributed by atoms with E-state index in [9.17, 15) is 23.5 Å². The molecule has 2 N–H and O–H groups in total. The van der Waals surface area contributed by atoms with Gasteiger partial charge < -0.3 is 19.9 Å². The first-order valence-electron chi connectivity index (χ1n) is 9.99. The van der Waals surface area contributed by atoms with Crippen LogP contribution in [0.25, 0.3) is 11.3 Å². The van der Waals surface area contributed by atoms with Gasteiger partial charge in [0.05, 0.1) is 16.7 Å². The van der Waals surface area contributed by atoms with Gasteiger partial charge in [-0.3, -0.25) is 4.79 Å². The number of carbonyl (C=O) groups excluding carboxylic acids is 1. The molecule has 2 heterocycles. The van der Waals surface area contributed by atoms with Gasteiger partial charge >= 0.3 is 12.3 Å². The van der Waals surface area contributed by atoms with E-state index < -0.39 is 23.6 Å². The Morgan fingerprint density at radius 2 is 1.76 bits per heavy atom. The fourth-order valence-electron chi connectivity index (χ4n) is 3.43. The van der Waals surface area contributed by atoms with Crippen LogP contribution in [-0.2, 0) is 10.2 Å². The maximum atomic E-state index is 13.3. The van der Waals surface area contributed by atoms with Crippen molar-refractivity contribution in [3.8, 4) is 22.8 Å². The van der Waals surface area contributed by atoms with Crippen molar-refractivity contribution in [3.05, 3.63) is 71.3 Å². The van der Waals surface area contributed by atoms with E-state index in [1.54, 1.807) is 38.1 Å². The maximum Gasteiger partial charge on any atom is 0.586 e. The van der Waals surface area contributed by atoms with Crippen molar-refractivity contribution in [2.75, 3.05) is 5.32 Å². The number of carbonyl (C=O) groups is 2. The van der Waals surface area contributed by atoms with Gasteiger partial charge in [0.1, 0.15) is 5.82 Å². The molecule has 0 spiro atoms. The van der Waals surface area contributed by atoms with Gasteiger partial charge in [-0.15, -0.1) is 8.78 Å². The van der Waals surface area contributed by atoms with Crippen molar-refractivity contribution < 1.29 is 33.0 Å². The number of aryl methyl sites for hydroxylation is 1. The SMILES string of the molecule is Cc1ccc(NC(=O)C(C)(C)c2ccc3c(c2)OC(F)(F)O3)nc1-c1cccc(C(=O)O)c1. The monoisotopic (exact) mass is 454 g/mol. The summed E-state index contributed by atoms with van der Waals surface area (Å²) in [5, 5.41) is 12.0. The van der Waals surface area contributed by atoms with E-state index in [1.165, 1.54) is 30.3 Å². The van der Waals surface area contributed by atoms with Gasteiger partial charge in [0.25, 0.3) is 0 Å². The third-order valence-corrected chi connectivity index (χ3v) is 5.41. The Kier molecular flexibility index (Phi) is 5.27. The van der Waals surface area contributed by atoms with Gasteiger partial charge in [-0.25, -0.2) is 9.78 Å². The predicted molar refractivity (Wildman–Crippen MR) is 116 cm³/mol. The van der Waals surface area contributed by atoms with Crippen molar-refractivity contribution in [1.29, 1.82) is 0 Å². The maximum absolute atomic E-state index is 13.3. The molecule has 1 aliphatic heterocycles. The second kappa shape index (κ2) is 7.84. The number of hydrogen-bond acceptors (Lipinski definition) is 5. The van der Waals surface area contributed by atoms with E-state index in [1.807, 2.05) is 6.92 Å². The van der Waals surface area contributed by atoms with Crippen molar-refractivity contribution in [2.24, 2.45) is 0 Å². The highest BCUT2D eigenvalue weighted by Crippen LogP contribution is 2.43. The minimum atomic E-state index is -3.74. The summed E-state index contributed by atoms with van der Waals surface area (Å²) in [7, 11) is 0. The lowest BCUT2D eigenvalue weighted by Gasteiger charge is -2.24. The molecule has 0 fully saturated rings. The molecule has 0 bridgehead atoms. The van der Waals surface area contributed by atoms with Crippen LogP contribution in [0.15, 0.2) is 54.6 Å². The van der Waals surface area contributed by atoms with E-state index in [0.717, 1.165) is 5.56 Å². The van der Waals surface area contributed by atoms with Crippen LogP contribution in [0, 0.1) is 6.92 Å². The number of pyridine rings is 1. The Bertz CT molecular complexity index is 1270. The lowest BCUT2D eigenvalue weighted by molar-refractivity contribution is -0.286. The van der Waals surface area contributed by atoms with Gasteiger partial charge in [-0.1, -0.05) is 24.3 Å². The number of ether oxygens (including phenoxy) is 2. The van der Waals surface area contributed by atoms with Crippen LogP contribution in [0.3, 0.4) is 0 Å². The summed E-state index contributed by atoms with van der Waals surface area (Å²) in [6, 6.07) is 14.0. The second-order valence-electron chi connectivity index (χ2n) is 8.16. The summed E-state index contributed by atoms with van der Waals surface area (Å²) >= 11 is 0. The number of alkyl halides is 2. The zero-order chi connectivity index (χ0) is 24.0. The van der Waals surface area contributed by atoms with Crippen LogP contribution in [0.4, 0.5) is 14.6 Å². The summed E-state index contributed by atoms with van der Waals surface area (Å²) in [6.07, 6.45) is -3.74. The number of anilines is 1. The second-order valence-corrected chi connectivity index (χ2v) is 8.16. The summed E-state index contributed by atoms with van der Waals surface area (Å²) in [6.45, 7) is 5.11. The molecule has 1 amide bonds. The van der Waals surface area contributed by atoms with Crippen molar-refractivity contribution in [3.63, 3.8) is 0 Å². The molecule has 33 heavy (non-hydrogen) atoms. The van der Waals surface area contributed by atoms with Gasteiger partial charge in [0, 0.05) is 5.56 Å². The van der Waals surface area contributed by atoms with Crippen molar-refractivity contribution in [1.82, 2.24) is 4.98 Å². The first kappa shape index (κ1) is 22.2. The number of hydrogen-bond donors (Lipinski definition) is 2. The predicted octanol–water partition coefficient (Wildman–Crippen LogP) is 4.99. The van der Waals surface area contributed by atoms with E-state index in [-0.39, 0.29) is 22.9 Å². The van der Waals surface area contributed by atoms with Gasteiger partial charge in [0.2, 0.25) is 5.91 Å². The smallest absolute Gasteiger partial charge is 0.478 e. The van der Waals surface area contributed by atoms with Crippen LogP contribution in [-0.4, -0.2) is 28.3 Å². The molecule has 7 nitrogen and oxygen atoms in total. The highest BCUT2D eigenvalue weighted by Gasteiger charge is 2.44. The number of nitrogens with one attached hydrogen (secondary N) is 1. The highest BCUT2D eigenvalue weighted by atomic mass is 19.3. The van der Waals surface area contributed by atoms with Crippen LogP contribution in [0.1, 0.15) is 35.3 Å². The quantitative estimate of drug-likeness (QED) is 0.564. The van der Waals surface area contributed by atoms with E-state index in [0.29, 0.717) is 16.8 Å². The summed E-state index contributed by atoms with van der Waals surface area (Å²) in [5.41, 5.74) is 1.37. The number of fused-ring (bicyclic) bond motifs is 1. The zero-order valence-electron chi connectivity index (χ0n) is 18.0. The molecular formula is C24H20F2N2O5. The van der Waals surface area contributed by atoms with Gasteiger partial charge in [-0.05, 0) is 62.2 Å².